The number of rotatable bonds is 1. The molecule has 15 heavy (non-hydrogen) atoms. The summed E-state index contributed by atoms with van der Waals surface area (Å²) >= 11 is 0. The van der Waals surface area contributed by atoms with Crippen molar-refractivity contribution in [2.24, 2.45) is 0 Å². The second-order valence-electron chi connectivity index (χ2n) is 4.01. The number of hydrogen-bond donors (Lipinski definition) is 1. The van der Waals surface area contributed by atoms with Gasteiger partial charge in [0.1, 0.15) is 11.7 Å². The monoisotopic (exact) mass is 206 g/mol. The molecule has 1 aromatic carbocycles. The van der Waals surface area contributed by atoms with Crippen LogP contribution in [0.15, 0.2) is 18.2 Å². The van der Waals surface area contributed by atoms with Gasteiger partial charge in [-0.3, -0.25) is 5.41 Å². The topological polar surface area (TPSA) is 27.1 Å². The lowest BCUT2D eigenvalue weighted by molar-refractivity contribution is 0.616. The van der Waals surface area contributed by atoms with Gasteiger partial charge in [-0.05, 0) is 37.5 Å². The summed E-state index contributed by atoms with van der Waals surface area (Å²) in [6.45, 7) is 2.63. The first kappa shape index (κ1) is 10.1. The van der Waals surface area contributed by atoms with Gasteiger partial charge < -0.3 is 4.90 Å². The van der Waals surface area contributed by atoms with Gasteiger partial charge in [0.05, 0.1) is 5.69 Å². The highest BCUT2D eigenvalue weighted by atomic mass is 19.1. The maximum Gasteiger partial charge on any atom is 0.147 e. The van der Waals surface area contributed by atoms with E-state index in [9.17, 15) is 4.39 Å². The summed E-state index contributed by atoms with van der Waals surface area (Å²) in [6.07, 6.45) is 2.84. The SMILES string of the molecule is Cc1ccc(N2CCCCC2=N)c(F)c1. The number of nitrogens with zero attached hydrogens (tertiary/aromatic N) is 1. The minimum atomic E-state index is -0.221. The van der Waals surface area contributed by atoms with Gasteiger partial charge in [0.2, 0.25) is 0 Å². The summed E-state index contributed by atoms with van der Waals surface area (Å²) in [5.74, 6) is 0.311. The molecule has 0 amide bonds. The highest BCUT2D eigenvalue weighted by Crippen LogP contribution is 2.24. The first-order chi connectivity index (χ1) is 7.18. The smallest absolute Gasteiger partial charge is 0.147 e. The van der Waals surface area contributed by atoms with Crippen LogP contribution in [0.1, 0.15) is 24.8 Å². The average Bonchev–Trinajstić information content (AvgIpc) is 2.20. The van der Waals surface area contributed by atoms with Gasteiger partial charge in [0, 0.05) is 13.0 Å². The number of amidine groups is 1. The predicted octanol–water partition coefficient (Wildman–Crippen LogP) is 3.10. The molecule has 1 N–H and O–H groups in total. The molecule has 1 fully saturated rings. The molecule has 0 atom stereocenters. The molecule has 1 aliphatic heterocycles. The maximum atomic E-state index is 13.7. The average molecular weight is 206 g/mol. The molecule has 1 aliphatic rings. The molecular weight excluding hydrogens is 191 g/mol. The molecule has 2 nitrogen and oxygen atoms in total. The van der Waals surface area contributed by atoms with Crippen LogP contribution in [-0.2, 0) is 0 Å². The van der Waals surface area contributed by atoms with E-state index in [2.05, 4.69) is 0 Å². The molecule has 0 aliphatic carbocycles. The van der Waals surface area contributed by atoms with Crippen molar-refractivity contribution in [2.75, 3.05) is 11.4 Å². The summed E-state index contributed by atoms with van der Waals surface area (Å²) < 4.78 is 13.7. The molecular formula is C12H15FN2. The summed E-state index contributed by atoms with van der Waals surface area (Å²) in [7, 11) is 0. The Bertz CT molecular complexity index is 387. The van der Waals surface area contributed by atoms with Crippen molar-refractivity contribution in [3.05, 3.63) is 29.6 Å². The molecule has 1 saturated heterocycles. The fourth-order valence-corrected chi connectivity index (χ4v) is 1.93. The number of nitrogens with one attached hydrogen (secondary N) is 1. The summed E-state index contributed by atoms with van der Waals surface area (Å²) in [5, 5.41) is 7.79. The van der Waals surface area contributed by atoms with Crippen LogP contribution in [-0.4, -0.2) is 12.4 Å². The van der Waals surface area contributed by atoms with Crippen molar-refractivity contribution in [1.82, 2.24) is 0 Å². The van der Waals surface area contributed by atoms with E-state index in [-0.39, 0.29) is 5.82 Å². The highest BCUT2D eigenvalue weighted by Gasteiger charge is 2.19. The molecule has 2 rings (SSSR count). The highest BCUT2D eigenvalue weighted by molar-refractivity contribution is 5.96. The van der Waals surface area contributed by atoms with Crippen molar-refractivity contribution in [3.63, 3.8) is 0 Å². The Kier molecular flexibility index (Phi) is 2.71. The Morgan fingerprint density at radius 1 is 1.33 bits per heavy atom. The zero-order chi connectivity index (χ0) is 10.8. The zero-order valence-electron chi connectivity index (χ0n) is 8.89. The van der Waals surface area contributed by atoms with Gasteiger partial charge in [0.15, 0.2) is 0 Å². The first-order valence-corrected chi connectivity index (χ1v) is 5.29. The number of hydrogen-bond acceptors (Lipinski definition) is 1. The molecule has 0 aromatic heterocycles. The van der Waals surface area contributed by atoms with Crippen LogP contribution >= 0.6 is 0 Å². The van der Waals surface area contributed by atoms with Crippen LogP contribution in [0, 0.1) is 18.2 Å². The fraction of sp³-hybridized carbons (Fsp3) is 0.417. The van der Waals surface area contributed by atoms with E-state index in [4.69, 9.17) is 5.41 Å². The summed E-state index contributed by atoms with van der Waals surface area (Å²) in [5.41, 5.74) is 1.46. The Morgan fingerprint density at radius 2 is 2.13 bits per heavy atom. The van der Waals surface area contributed by atoms with E-state index >= 15 is 0 Å². The van der Waals surface area contributed by atoms with Crippen molar-refractivity contribution in [3.8, 4) is 0 Å². The Balaban J connectivity index is 2.31. The Labute approximate surface area is 89.2 Å². The van der Waals surface area contributed by atoms with E-state index < -0.39 is 0 Å². The molecule has 0 unspecified atom stereocenters. The van der Waals surface area contributed by atoms with Gasteiger partial charge in [-0.2, -0.15) is 0 Å². The van der Waals surface area contributed by atoms with E-state index in [0.717, 1.165) is 31.4 Å². The first-order valence-electron chi connectivity index (χ1n) is 5.29. The van der Waals surface area contributed by atoms with Gasteiger partial charge in [0.25, 0.3) is 0 Å². The summed E-state index contributed by atoms with van der Waals surface area (Å²) in [4.78, 5) is 1.78. The number of aryl methyl sites for hydroxylation is 1. The minimum Gasteiger partial charge on any atom is -0.328 e. The number of benzene rings is 1. The molecule has 0 bridgehead atoms. The Hall–Kier alpha value is -1.38. The molecule has 1 heterocycles. The minimum absolute atomic E-state index is 0.221. The third-order valence-electron chi connectivity index (χ3n) is 2.77. The van der Waals surface area contributed by atoms with Crippen LogP contribution in [0.25, 0.3) is 0 Å². The number of halogens is 1. The van der Waals surface area contributed by atoms with Crippen LogP contribution in [0.5, 0.6) is 0 Å². The number of piperidine rings is 1. The Morgan fingerprint density at radius 3 is 2.80 bits per heavy atom. The van der Waals surface area contributed by atoms with Crippen LogP contribution in [0.3, 0.4) is 0 Å². The normalized spacial score (nSPS) is 16.9. The van der Waals surface area contributed by atoms with E-state index in [1.807, 2.05) is 13.0 Å². The number of anilines is 1. The van der Waals surface area contributed by atoms with Crippen molar-refractivity contribution in [2.45, 2.75) is 26.2 Å². The van der Waals surface area contributed by atoms with Gasteiger partial charge in [-0.25, -0.2) is 4.39 Å². The second-order valence-corrected chi connectivity index (χ2v) is 4.01. The van der Waals surface area contributed by atoms with Gasteiger partial charge >= 0.3 is 0 Å². The quantitative estimate of drug-likeness (QED) is 0.751. The predicted molar refractivity (Wildman–Crippen MR) is 60.1 cm³/mol. The van der Waals surface area contributed by atoms with Gasteiger partial charge in [-0.1, -0.05) is 6.07 Å². The molecule has 1 aromatic rings. The maximum absolute atomic E-state index is 13.7. The molecule has 0 radical (unpaired) electrons. The van der Waals surface area contributed by atoms with Crippen molar-refractivity contribution in [1.29, 1.82) is 5.41 Å². The largest absolute Gasteiger partial charge is 0.328 e. The standard InChI is InChI=1S/C12H15FN2/c1-9-5-6-11(10(13)8-9)15-7-3-2-4-12(15)14/h5-6,8,14H,2-4,7H2,1H3. The van der Waals surface area contributed by atoms with Crippen LogP contribution in [0.2, 0.25) is 0 Å². The van der Waals surface area contributed by atoms with E-state index in [0.29, 0.717) is 11.5 Å². The van der Waals surface area contributed by atoms with Gasteiger partial charge in [-0.15, -0.1) is 0 Å². The fourth-order valence-electron chi connectivity index (χ4n) is 1.93. The van der Waals surface area contributed by atoms with Crippen molar-refractivity contribution >= 4 is 11.5 Å². The second kappa shape index (κ2) is 4.01. The summed E-state index contributed by atoms with van der Waals surface area (Å²) in [6, 6.07) is 5.18. The zero-order valence-corrected chi connectivity index (χ0v) is 8.89. The van der Waals surface area contributed by atoms with Crippen LogP contribution in [0.4, 0.5) is 10.1 Å². The van der Waals surface area contributed by atoms with Crippen LogP contribution < -0.4 is 4.90 Å². The third-order valence-corrected chi connectivity index (χ3v) is 2.77. The molecule has 0 saturated carbocycles. The molecule has 0 spiro atoms. The lowest BCUT2D eigenvalue weighted by Gasteiger charge is -2.29. The third kappa shape index (κ3) is 2.01. The van der Waals surface area contributed by atoms with E-state index in [1.54, 1.807) is 11.0 Å². The molecule has 3 heteroatoms. The van der Waals surface area contributed by atoms with Crippen molar-refractivity contribution < 1.29 is 4.39 Å². The lowest BCUT2D eigenvalue weighted by Crippen LogP contribution is -2.35. The van der Waals surface area contributed by atoms with E-state index in [1.165, 1.54) is 6.07 Å². The lowest BCUT2D eigenvalue weighted by atomic mass is 10.1. The molecule has 80 valence electrons.